The van der Waals surface area contributed by atoms with Crippen LogP contribution in [0.1, 0.15) is 26.2 Å². The molecular weight excluding hydrogens is 196 g/mol. The van der Waals surface area contributed by atoms with Gasteiger partial charge in [-0.3, -0.25) is 4.79 Å². The first-order chi connectivity index (χ1) is 7.81. The molecule has 1 nitrogen and oxygen atoms in total. The van der Waals surface area contributed by atoms with E-state index in [1.165, 1.54) is 31.1 Å². The summed E-state index contributed by atoms with van der Waals surface area (Å²) < 4.78 is 0. The number of hydrogen-bond acceptors (Lipinski definition) is 1. The number of ketones is 1. The largest absolute Gasteiger partial charge is 0.290 e. The van der Waals surface area contributed by atoms with E-state index in [1.807, 2.05) is 12.2 Å². The maximum atomic E-state index is 10.7. The van der Waals surface area contributed by atoms with Gasteiger partial charge in [-0.05, 0) is 30.7 Å². The normalized spacial score (nSPS) is 10.8. The molecule has 0 bridgehead atoms. The summed E-state index contributed by atoms with van der Waals surface area (Å²) in [7, 11) is 0. The van der Waals surface area contributed by atoms with E-state index in [9.17, 15) is 4.79 Å². The van der Waals surface area contributed by atoms with Crippen LogP contribution < -0.4 is 0 Å². The van der Waals surface area contributed by atoms with E-state index < -0.39 is 0 Å². The summed E-state index contributed by atoms with van der Waals surface area (Å²) in [5.74, 6) is 5.41. The number of hydrogen-bond donors (Lipinski definition) is 0. The molecule has 0 aromatic rings. The lowest BCUT2D eigenvalue weighted by atomic mass is 10.2. The molecule has 0 N–H and O–H groups in total. The van der Waals surface area contributed by atoms with Gasteiger partial charge in [0, 0.05) is 0 Å². The third-order valence-electron chi connectivity index (χ3n) is 1.77. The first kappa shape index (κ1) is 14.2. The highest BCUT2D eigenvalue weighted by Crippen LogP contribution is 1.94. The molecule has 0 aliphatic carbocycles. The van der Waals surface area contributed by atoms with E-state index >= 15 is 0 Å². The van der Waals surface area contributed by atoms with Gasteiger partial charge in [0.1, 0.15) is 0 Å². The number of rotatable bonds is 6. The van der Waals surface area contributed by atoms with Crippen LogP contribution >= 0.6 is 0 Å². The van der Waals surface area contributed by atoms with Crippen LogP contribution in [0, 0.1) is 11.8 Å². The summed E-state index contributed by atoms with van der Waals surface area (Å²) in [6.45, 7) is 5.53. The highest BCUT2D eigenvalue weighted by Gasteiger charge is 1.80. The average molecular weight is 214 g/mol. The Bertz CT molecular complexity index is 345. The fourth-order valence-electron chi connectivity index (χ4n) is 0.889. The Morgan fingerprint density at radius 3 is 2.69 bits per heavy atom. The summed E-state index contributed by atoms with van der Waals surface area (Å²) in [6, 6.07) is 0. The van der Waals surface area contributed by atoms with Crippen LogP contribution in [-0.4, -0.2) is 5.78 Å². The molecule has 0 atom stereocenters. The van der Waals surface area contributed by atoms with Gasteiger partial charge in [0.2, 0.25) is 0 Å². The molecule has 0 unspecified atom stereocenters. The molecule has 0 aliphatic heterocycles. The number of unbranched alkanes of at least 4 members (excludes halogenated alkanes) is 2. The van der Waals surface area contributed by atoms with E-state index in [1.54, 1.807) is 6.08 Å². The maximum Gasteiger partial charge on any atom is 0.178 e. The van der Waals surface area contributed by atoms with Gasteiger partial charge >= 0.3 is 0 Å². The van der Waals surface area contributed by atoms with Crippen molar-refractivity contribution in [3.63, 3.8) is 0 Å². The zero-order chi connectivity index (χ0) is 12.1. The molecule has 0 heterocycles. The molecule has 0 fully saturated rings. The van der Waals surface area contributed by atoms with Gasteiger partial charge in [0.15, 0.2) is 5.78 Å². The predicted octanol–water partition coefficient (Wildman–Crippen LogP) is 3.60. The number of allylic oxidation sites excluding steroid dienone is 7. The monoisotopic (exact) mass is 214 g/mol. The molecule has 0 radical (unpaired) electrons. The van der Waals surface area contributed by atoms with Crippen molar-refractivity contribution in [2.45, 2.75) is 26.2 Å². The fraction of sp³-hybridized carbons (Fsp3) is 0.267. The lowest BCUT2D eigenvalue weighted by Gasteiger charge is -1.84. The standard InChI is InChI=1S/C15H18O/c1-3-5-6-7-8-9-10-11-12-13-14-15(16)4-2/h4,7-10,13-14H,2-3,5-6H2,1H3/b8-7+,10-9+,14-13+. The molecule has 84 valence electrons. The molecule has 0 amide bonds. The summed E-state index contributed by atoms with van der Waals surface area (Å²) in [6.07, 6.45) is 15.5. The third kappa shape index (κ3) is 10.3. The van der Waals surface area contributed by atoms with Crippen molar-refractivity contribution in [1.82, 2.24) is 0 Å². The van der Waals surface area contributed by atoms with Crippen LogP contribution in [0.5, 0.6) is 0 Å². The molecule has 0 aromatic carbocycles. The van der Waals surface area contributed by atoms with Crippen molar-refractivity contribution in [3.8, 4) is 11.8 Å². The predicted molar refractivity (Wildman–Crippen MR) is 69.9 cm³/mol. The van der Waals surface area contributed by atoms with Crippen molar-refractivity contribution in [2.75, 3.05) is 0 Å². The summed E-state index contributed by atoms with van der Waals surface area (Å²) in [4.78, 5) is 10.7. The number of carbonyl (C=O) groups excluding carboxylic acids is 1. The minimum atomic E-state index is -0.127. The first-order valence-electron chi connectivity index (χ1n) is 5.47. The summed E-state index contributed by atoms with van der Waals surface area (Å²) in [5, 5.41) is 0. The van der Waals surface area contributed by atoms with Gasteiger partial charge in [0.05, 0.1) is 0 Å². The second-order valence-electron chi connectivity index (χ2n) is 3.16. The minimum absolute atomic E-state index is 0.127. The van der Waals surface area contributed by atoms with E-state index in [0.717, 1.165) is 6.42 Å². The Labute approximate surface area is 98.3 Å². The SMILES string of the molecule is C=CC(=O)/C=C/C#C/C=C/C=C/CCCC. The molecule has 0 aromatic heterocycles. The Morgan fingerprint density at radius 2 is 2.00 bits per heavy atom. The van der Waals surface area contributed by atoms with Crippen LogP contribution in [0.25, 0.3) is 0 Å². The fourth-order valence-corrected chi connectivity index (χ4v) is 0.889. The van der Waals surface area contributed by atoms with Gasteiger partial charge in [-0.15, -0.1) is 0 Å². The van der Waals surface area contributed by atoms with Crippen molar-refractivity contribution in [1.29, 1.82) is 0 Å². The van der Waals surface area contributed by atoms with Crippen LogP contribution in [0.4, 0.5) is 0 Å². The van der Waals surface area contributed by atoms with Gasteiger partial charge in [0.25, 0.3) is 0 Å². The molecule has 16 heavy (non-hydrogen) atoms. The summed E-state index contributed by atoms with van der Waals surface area (Å²) in [5.41, 5.74) is 0. The van der Waals surface area contributed by atoms with Crippen molar-refractivity contribution in [3.05, 3.63) is 49.1 Å². The van der Waals surface area contributed by atoms with Gasteiger partial charge < -0.3 is 0 Å². The number of carbonyl (C=O) groups is 1. The van der Waals surface area contributed by atoms with Gasteiger partial charge in [-0.25, -0.2) is 0 Å². The Kier molecular flexibility index (Phi) is 9.99. The van der Waals surface area contributed by atoms with E-state index in [2.05, 4.69) is 31.4 Å². The van der Waals surface area contributed by atoms with Crippen molar-refractivity contribution >= 4 is 5.78 Å². The third-order valence-corrected chi connectivity index (χ3v) is 1.77. The van der Waals surface area contributed by atoms with Crippen molar-refractivity contribution < 1.29 is 4.79 Å². The highest BCUT2D eigenvalue weighted by molar-refractivity contribution is 5.98. The molecule has 0 aliphatic rings. The molecule has 0 saturated carbocycles. The van der Waals surface area contributed by atoms with Crippen molar-refractivity contribution in [2.24, 2.45) is 0 Å². The van der Waals surface area contributed by atoms with Crippen LogP contribution in [-0.2, 0) is 4.79 Å². The van der Waals surface area contributed by atoms with Gasteiger partial charge in [-0.1, -0.05) is 56.4 Å². The van der Waals surface area contributed by atoms with Crippen LogP contribution in [0.15, 0.2) is 49.1 Å². The molecular formula is C15H18O. The molecule has 0 spiro atoms. The second kappa shape index (κ2) is 11.3. The van der Waals surface area contributed by atoms with Crippen LogP contribution in [0.3, 0.4) is 0 Å². The lowest BCUT2D eigenvalue weighted by Crippen LogP contribution is -1.80. The quantitative estimate of drug-likeness (QED) is 0.286. The molecule has 0 saturated heterocycles. The van der Waals surface area contributed by atoms with E-state index in [4.69, 9.17) is 0 Å². The highest BCUT2D eigenvalue weighted by atomic mass is 16.1. The summed E-state index contributed by atoms with van der Waals surface area (Å²) >= 11 is 0. The molecule has 1 heteroatoms. The van der Waals surface area contributed by atoms with Gasteiger partial charge in [-0.2, -0.15) is 0 Å². The Morgan fingerprint density at radius 1 is 1.25 bits per heavy atom. The lowest BCUT2D eigenvalue weighted by molar-refractivity contribution is -0.110. The van der Waals surface area contributed by atoms with Crippen LogP contribution in [0.2, 0.25) is 0 Å². The Balaban J connectivity index is 3.79. The van der Waals surface area contributed by atoms with E-state index in [-0.39, 0.29) is 5.78 Å². The second-order valence-corrected chi connectivity index (χ2v) is 3.16. The topological polar surface area (TPSA) is 17.1 Å². The Hall–Kier alpha value is -1.81. The minimum Gasteiger partial charge on any atom is -0.290 e. The zero-order valence-electron chi connectivity index (χ0n) is 9.78. The van der Waals surface area contributed by atoms with E-state index in [0.29, 0.717) is 0 Å². The molecule has 0 rings (SSSR count). The average Bonchev–Trinajstić information content (AvgIpc) is 2.31. The smallest absolute Gasteiger partial charge is 0.178 e. The maximum absolute atomic E-state index is 10.7. The zero-order valence-corrected chi connectivity index (χ0v) is 9.78. The first-order valence-corrected chi connectivity index (χ1v) is 5.47.